The third-order valence-electron chi connectivity index (χ3n) is 4.65. The number of carbonyl (C=O) groups excluding carboxylic acids is 1. The summed E-state index contributed by atoms with van der Waals surface area (Å²) in [6.45, 7) is 4.46. The highest BCUT2D eigenvalue weighted by molar-refractivity contribution is 6.17. The lowest BCUT2D eigenvalue weighted by Gasteiger charge is -2.34. The zero-order valence-corrected chi connectivity index (χ0v) is 13.3. The molecule has 0 aromatic heterocycles. The van der Waals surface area contributed by atoms with Crippen molar-refractivity contribution in [3.05, 3.63) is 57.1 Å². The van der Waals surface area contributed by atoms with Crippen LogP contribution < -0.4 is 0 Å². The number of aromatic carboxylic acids is 1. The first-order valence-corrected chi connectivity index (χ1v) is 7.29. The average molecular weight is 328 g/mol. The van der Waals surface area contributed by atoms with E-state index in [4.69, 9.17) is 0 Å². The van der Waals surface area contributed by atoms with Crippen LogP contribution in [0.5, 0.6) is 11.5 Å². The maximum Gasteiger partial charge on any atom is 0.339 e. The molecule has 2 aromatic rings. The predicted octanol–water partition coefficient (Wildman–Crippen LogP) is 2.21. The van der Waals surface area contributed by atoms with Gasteiger partial charge in [-0.1, -0.05) is 12.1 Å². The number of aryl methyl sites for hydroxylation is 1. The van der Waals surface area contributed by atoms with Crippen LogP contribution in [0.4, 0.5) is 0 Å². The fourth-order valence-corrected chi connectivity index (χ4v) is 3.35. The highest BCUT2D eigenvalue weighted by Gasteiger charge is 2.43. The monoisotopic (exact) mass is 328 g/mol. The van der Waals surface area contributed by atoms with Crippen molar-refractivity contribution >= 4 is 11.8 Å². The van der Waals surface area contributed by atoms with Crippen LogP contribution in [0.15, 0.2) is 18.2 Å². The number of ketones is 1. The number of carboxylic acids is 1. The molecule has 0 aliphatic heterocycles. The summed E-state index contributed by atoms with van der Waals surface area (Å²) >= 11 is 0. The van der Waals surface area contributed by atoms with Gasteiger partial charge in [-0.25, -0.2) is 4.79 Å². The molecule has 0 saturated heterocycles. The van der Waals surface area contributed by atoms with E-state index in [1.807, 2.05) is 0 Å². The molecule has 1 aliphatic rings. The Balaban J connectivity index is 2.46. The van der Waals surface area contributed by atoms with Crippen LogP contribution in [0.2, 0.25) is 0 Å². The lowest BCUT2D eigenvalue weighted by Crippen LogP contribution is -2.34. The van der Waals surface area contributed by atoms with E-state index in [1.165, 1.54) is 13.8 Å². The molecule has 0 saturated carbocycles. The van der Waals surface area contributed by atoms with Gasteiger partial charge in [0.15, 0.2) is 5.78 Å². The zero-order chi connectivity index (χ0) is 18.0. The van der Waals surface area contributed by atoms with Crippen LogP contribution in [0.25, 0.3) is 0 Å². The second kappa shape index (κ2) is 4.82. The predicted molar refractivity (Wildman–Crippen MR) is 84.8 cm³/mol. The Bertz CT molecular complexity index is 924. The number of hydrogen-bond acceptors (Lipinski definition) is 5. The van der Waals surface area contributed by atoms with E-state index in [1.54, 1.807) is 19.1 Å². The Morgan fingerprint density at radius 1 is 1.08 bits per heavy atom. The van der Waals surface area contributed by atoms with Crippen molar-refractivity contribution in [2.75, 3.05) is 0 Å². The fourth-order valence-electron chi connectivity index (χ4n) is 3.35. The van der Waals surface area contributed by atoms with Crippen LogP contribution >= 0.6 is 0 Å². The summed E-state index contributed by atoms with van der Waals surface area (Å²) in [6.07, 6.45) is 0. The molecule has 0 spiro atoms. The van der Waals surface area contributed by atoms with Crippen molar-refractivity contribution in [3.63, 3.8) is 0 Å². The van der Waals surface area contributed by atoms with E-state index in [9.17, 15) is 30.0 Å². The largest absolute Gasteiger partial charge is 0.507 e. The van der Waals surface area contributed by atoms with Crippen molar-refractivity contribution < 1.29 is 30.0 Å². The maximum absolute atomic E-state index is 12.9. The molecule has 6 heteroatoms. The minimum atomic E-state index is -1.66. The number of fused-ring (bicyclic) bond motifs is 2. The average Bonchev–Trinajstić information content (AvgIpc) is 2.47. The molecule has 1 aliphatic carbocycles. The minimum Gasteiger partial charge on any atom is -0.507 e. The number of aromatic hydroxyl groups is 2. The first-order chi connectivity index (χ1) is 11.1. The summed E-state index contributed by atoms with van der Waals surface area (Å²) in [7, 11) is 0. The van der Waals surface area contributed by atoms with Gasteiger partial charge in [-0.15, -0.1) is 0 Å². The molecule has 0 heterocycles. The van der Waals surface area contributed by atoms with Gasteiger partial charge < -0.3 is 20.4 Å². The van der Waals surface area contributed by atoms with Crippen molar-refractivity contribution in [2.24, 2.45) is 0 Å². The van der Waals surface area contributed by atoms with Crippen molar-refractivity contribution in [3.8, 4) is 11.5 Å². The first-order valence-electron chi connectivity index (χ1n) is 7.29. The molecule has 4 N–H and O–H groups in total. The number of phenols is 2. The summed E-state index contributed by atoms with van der Waals surface area (Å²) in [5.74, 6) is -2.72. The van der Waals surface area contributed by atoms with Crippen molar-refractivity contribution in [1.29, 1.82) is 0 Å². The van der Waals surface area contributed by atoms with E-state index in [-0.39, 0.29) is 33.6 Å². The van der Waals surface area contributed by atoms with Gasteiger partial charge in [0.2, 0.25) is 0 Å². The quantitative estimate of drug-likeness (QED) is 0.638. The number of benzene rings is 2. The molecular weight excluding hydrogens is 312 g/mol. The number of phenolic OH excluding ortho intramolecular Hbond substituents is 1. The summed E-state index contributed by atoms with van der Waals surface area (Å²) in [5, 5.41) is 40.6. The highest BCUT2D eigenvalue weighted by Crippen LogP contribution is 2.46. The topological polar surface area (TPSA) is 115 Å². The molecule has 0 bridgehead atoms. The Morgan fingerprint density at radius 2 is 1.71 bits per heavy atom. The minimum absolute atomic E-state index is 0.0106. The third-order valence-corrected chi connectivity index (χ3v) is 4.65. The molecule has 24 heavy (non-hydrogen) atoms. The number of aliphatic hydroxyl groups is 1. The maximum atomic E-state index is 12.9. The smallest absolute Gasteiger partial charge is 0.339 e. The van der Waals surface area contributed by atoms with Gasteiger partial charge in [0, 0.05) is 16.7 Å². The third kappa shape index (κ3) is 1.86. The molecule has 0 fully saturated rings. The van der Waals surface area contributed by atoms with Crippen LogP contribution in [0.3, 0.4) is 0 Å². The Kier molecular flexibility index (Phi) is 3.21. The fraction of sp³-hybridized carbons (Fsp3) is 0.222. The SMILES string of the molecule is Cc1ccc2c(c1O)C(=O)c1c(cc(O)c(C(=O)O)c1C)[C@]2(C)O. The van der Waals surface area contributed by atoms with Gasteiger partial charge in [0.1, 0.15) is 22.7 Å². The van der Waals surface area contributed by atoms with Crippen molar-refractivity contribution in [2.45, 2.75) is 26.4 Å². The summed E-state index contributed by atoms with van der Waals surface area (Å²) in [4.78, 5) is 24.3. The molecule has 0 amide bonds. The summed E-state index contributed by atoms with van der Waals surface area (Å²) in [5.41, 5.74) is -1.27. The lowest BCUT2D eigenvalue weighted by molar-refractivity contribution is 0.0690. The second-order valence-corrected chi connectivity index (χ2v) is 6.18. The van der Waals surface area contributed by atoms with Gasteiger partial charge in [0.05, 0.1) is 5.56 Å². The van der Waals surface area contributed by atoms with Gasteiger partial charge in [-0.05, 0) is 38.0 Å². The Morgan fingerprint density at radius 3 is 2.29 bits per heavy atom. The number of carboxylic acid groups (broad SMARTS) is 1. The van der Waals surface area contributed by atoms with E-state index in [0.717, 1.165) is 6.07 Å². The summed E-state index contributed by atoms with van der Waals surface area (Å²) < 4.78 is 0. The van der Waals surface area contributed by atoms with Crippen LogP contribution in [0.1, 0.15) is 55.5 Å². The lowest BCUT2D eigenvalue weighted by atomic mass is 9.72. The van der Waals surface area contributed by atoms with Crippen LogP contribution in [0, 0.1) is 13.8 Å². The van der Waals surface area contributed by atoms with Gasteiger partial charge in [-0.2, -0.15) is 0 Å². The van der Waals surface area contributed by atoms with Gasteiger partial charge >= 0.3 is 5.97 Å². The van der Waals surface area contributed by atoms with Crippen LogP contribution in [-0.2, 0) is 5.60 Å². The molecule has 2 aromatic carbocycles. The van der Waals surface area contributed by atoms with Gasteiger partial charge in [-0.3, -0.25) is 4.79 Å². The standard InChI is InChI=1S/C18H16O6/c1-7-4-5-9-14(15(7)20)16(21)12-8(2)13(17(22)23)11(19)6-10(12)18(9,3)24/h4-6,19-20,24H,1-3H3,(H,22,23)/t18-/m1/s1. The second-order valence-electron chi connectivity index (χ2n) is 6.18. The number of hydrogen-bond donors (Lipinski definition) is 4. The summed E-state index contributed by atoms with van der Waals surface area (Å²) in [6, 6.07) is 4.23. The highest BCUT2D eigenvalue weighted by atomic mass is 16.4. The van der Waals surface area contributed by atoms with E-state index < -0.39 is 28.7 Å². The molecular formula is C18H16O6. The van der Waals surface area contributed by atoms with Crippen molar-refractivity contribution in [1.82, 2.24) is 0 Å². The zero-order valence-electron chi connectivity index (χ0n) is 13.3. The Hall–Kier alpha value is -2.86. The molecule has 6 nitrogen and oxygen atoms in total. The first kappa shape index (κ1) is 16.0. The number of rotatable bonds is 1. The molecule has 124 valence electrons. The molecule has 0 unspecified atom stereocenters. The normalized spacial score (nSPS) is 18.9. The van der Waals surface area contributed by atoms with Gasteiger partial charge in [0.25, 0.3) is 0 Å². The molecule has 3 rings (SSSR count). The van der Waals surface area contributed by atoms with E-state index >= 15 is 0 Å². The van der Waals surface area contributed by atoms with E-state index in [0.29, 0.717) is 5.56 Å². The van der Waals surface area contributed by atoms with Crippen LogP contribution in [-0.4, -0.2) is 32.2 Å². The molecule has 1 atom stereocenters. The number of carbonyl (C=O) groups is 2. The Labute approximate surface area is 137 Å². The van der Waals surface area contributed by atoms with E-state index in [2.05, 4.69) is 0 Å². The molecule has 0 radical (unpaired) electrons.